The van der Waals surface area contributed by atoms with Gasteiger partial charge in [-0.1, -0.05) is 48.0 Å². The van der Waals surface area contributed by atoms with Crippen molar-refractivity contribution < 1.29 is 18.5 Å². The van der Waals surface area contributed by atoms with Gasteiger partial charge in [0.1, 0.15) is 23.7 Å². The highest BCUT2D eigenvalue weighted by Crippen LogP contribution is 2.29. The SMILES string of the molecule is Cc1ccc(-c2nc(Cc3cc4cc(N(OCc5ccccc5)C(N)=O)ccc4o3)c(C)o2)cc1. The molecule has 176 valence electrons. The number of hydrogen-bond acceptors (Lipinski definition) is 5. The number of oxazole rings is 1. The largest absolute Gasteiger partial charge is 0.461 e. The van der Waals surface area contributed by atoms with Crippen LogP contribution in [-0.4, -0.2) is 11.0 Å². The zero-order valence-electron chi connectivity index (χ0n) is 19.5. The summed E-state index contributed by atoms with van der Waals surface area (Å²) < 4.78 is 11.9. The maximum absolute atomic E-state index is 12.1. The molecule has 7 heteroatoms. The molecule has 2 heterocycles. The number of rotatable bonds is 7. The Morgan fingerprint density at radius 2 is 1.74 bits per heavy atom. The molecule has 0 spiro atoms. The van der Waals surface area contributed by atoms with E-state index in [0.717, 1.165) is 38.8 Å². The van der Waals surface area contributed by atoms with Gasteiger partial charge >= 0.3 is 6.03 Å². The number of nitrogens with two attached hydrogens (primary N) is 1. The van der Waals surface area contributed by atoms with Gasteiger partial charge in [-0.25, -0.2) is 9.78 Å². The minimum absolute atomic E-state index is 0.215. The van der Waals surface area contributed by atoms with Crippen molar-refractivity contribution in [2.24, 2.45) is 5.73 Å². The first-order chi connectivity index (χ1) is 17.0. The van der Waals surface area contributed by atoms with Crippen LogP contribution in [0.4, 0.5) is 10.5 Å². The predicted molar refractivity (Wildman–Crippen MR) is 134 cm³/mol. The molecule has 0 fully saturated rings. The van der Waals surface area contributed by atoms with Gasteiger partial charge in [-0.15, -0.1) is 0 Å². The van der Waals surface area contributed by atoms with Crippen LogP contribution in [0.5, 0.6) is 0 Å². The summed E-state index contributed by atoms with van der Waals surface area (Å²) in [5.74, 6) is 2.07. The fourth-order valence-electron chi connectivity index (χ4n) is 3.85. The lowest BCUT2D eigenvalue weighted by molar-refractivity contribution is 0.108. The molecule has 2 N–H and O–H groups in total. The van der Waals surface area contributed by atoms with Gasteiger partial charge in [0.05, 0.1) is 17.8 Å². The molecule has 3 aromatic carbocycles. The Hall–Kier alpha value is -4.36. The van der Waals surface area contributed by atoms with Gasteiger partial charge in [0.25, 0.3) is 0 Å². The first kappa shape index (κ1) is 22.4. The summed E-state index contributed by atoms with van der Waals surface area (Å²) in [5.41, 5.74) is 10.6. The lowest BCUT2D eigenvalue weighted by Gasteiger charge is -2.19. The van der Waals surface area contributed by atoms with Crippen molar-refractivity contribution in [2.75, 3.05) is 5.06 Å². The zero-order chi connectivity index (χ0) is 24.4. The van der Waals surface area contributed by atoms with E-state index in [1.165, 1.54) is 5.56 Å². The number of aromatic nitrogens is 1. The molecule has 0 atom stereocenters. The Labute approximate surface area is 202 Å². The molecule has 5 aromatic rings. The van der Waals surface area contributed by atoms with Crippen LogP contribution in [0.25, 0.3) is 22.4 Å². The van der Waals surface area contributed by atoms with Crippen molar-refractivity contribution in [3.05, 3.63) is 107 Å². The summed E-state index contributed by atoms with van der Waals surface area (Å²) in [6, 6.07) is 24.2. The van der Waals surface area contributed by atoms with Crippen molar-refractivity contribution in [2.45, 2.75) is 26.9 Å². The van der Waals surface area contributed by atoms with E-state index in [9.17, 15) is 4.79 Å². The number of aryl methyl sites for hydroxylation is 2. The first-order valence-electron chi connectivity index (χ1n) is 11.3. The van der Waals surface area contributed by atoms with Gasteiger partial charge in [0, 0.05) is 10.9 Å². The van der Waals surface area contributed by atoms with Gasteiger partial charge in [-0.05, 0) is 55.8 Å². The normalized spacial score (nSPS) is 11.1. The maximum Gasteiger partial charge on any atom is 0.343 e. The van der Waals surface area contributed by atoms with E-state index in [1.54, 1.807) is 12.1 Å². The van der Waals surface area contributed by atoms with Crippen molar-refractivity contribution >= 4 is 22.7 Å². The number of fused-ring (bicyclic) bond motifs is 1. The Balaban J connectivity index is 1.36. The smallest absolute Gasteiger partial charge is 0.343 e. The zero-order valence-corrected chi connectivity index (χ0v) is 19.5. The van der Waals surface area contributed by atoms with Crippen LogP contribution >= 0.6 is 0 Å². The molecule has 2 amide bonds. The van der Waals surface area contributed by atoms with Crippen molar-refractivity contribution in [1.29, 1.82) is 0 Å². The number of urea groups is 1. The molecule has 5 rings (SSSR count). The third-order valence-corrected chi connectivity index (χ3v) is 5.72. The Bertz CT molecular complexity index is 1470. The van der Waals surface area contributed by atoms with Crippen LogP contribution in [0.15, 0.2) is 87.7 Å². The Morgan fingerprint density at radius 1 is 0.971 bits per heavy atom. The topological polar surface area (TPSA) is 94.7 Å². The number of amides is 2. The van der Waals surface area contributed by atoms with E-state index in [2.05, 4.69) is 4.98 Å². The third kappa shape index (κ3) is 4.95. The molecule has 0 aliphatic heterocycles. The van der Waals surface area contributed by atoms with Gasteiger partial charge < -0.3 is 14.6 Å². The molecular weight excluding hydrogens is 442 g/mol. The standard InChI is InChI=1S/C28H25N3O4/c1-18-8-10-21(11-9-18)27-30-25(19(2)34-27)16-24-15-22-14-23(12-13-26(22)35-24)31(28(29)32)33-17-20-6-4-3-5-7-20/h3-15H,16-17H2,1-2H3,(H2,29,32). The second kappa shape index (κ2) is 9.48. The molecule has 0 unspecified atom stereocenters. The quantitative estimate of drug-likeness (QED) is 0.283. The van der Waals surface area contributed by atoms with E-state index in [-0.39, 0.29) is 6.61 Å². The van der Waals surface area contributed by atoms with Crippen LogP contribution in [0, 0.1) is 13.8 Å². The number of hydroxylamine groups is 1. The van der Waals surface area contributed by atoms with E-state index >= 15 is 0 Å². The highest BCUT2D eigenvalue weighted by Gasteiger charge is 2.17. The summed E-state index contributed by atoms with van der Waals surface area (Å²) >= 11 is 0. The minimum Gasteiger partial charge on any atom is -0.461 e. The number of benzene rings is 3. The molecular formula is C28H25N3O4. The monoisotopic (exact) mass is 467 g/mol. The maximum atomic E-state index is 12.1. The summed E-state index contributed by atoms with van der Waals surface area (Å²) in [4.78, 5) is 22.4. The average molecular weight is 468 g/mol. The number of nitrogens with zero attached hydrogens (tertiary/aromatic N) is 2. The van der Waals surface area contributed by atoms with Crippen LogP contribution < -0.4 is 10.8 Å². The van der Waals surface area contributed by atoms with Gasteiger partial charge in [0.15, 0.2) is 0 Å². The molecule has 7 nitrogen and oxygen atoms in total. The lowest BCUT2D eigenvalue weighted by Crippen LogP contribution is -2.35. The lowest BCUT2D eigenvalue weighted by atomic mass is 10.1. The molecule has 0 saturated carbocycles. The fourth-order valence-corrected chi connectivity index (χ4v) is 3.85. The minimum atomic E-state index is -0.703. The fraction of sp³-hybridized carbons (Fsp3) is 0.143. The summed E-state index contributed by atoms with van der Waals surface area (Å²) in [7, 11) is 0. The summed E-state index contributed by atoms with van der Waals surface area (Å²) in [6.07, 6.45) is 0.481. The van der Waals surface area contributed by atoms with Crippen LogP contribution in [0.2, 0.25) is 0 Å². The molecule has 0 saturated heterocycles. The van der Waals surface area contributed by atoms with Crippen molar-refractivity contribution in [3.63, 3.8) is 0 Å². The van der Waals surface area contributed by atoms with E-state index < -0.39 is 6.03 Å². The van der Waals surface area contributed by atoms with Crippen molar-refractivity contribution in [1.82, 2.24) is 4.98 Å². The van der Waals surface area contributed by atoms with Gasteiger partial charge in [0.2, 0.25) is 5.89 Å². The van der Waals surface area contributed by atoms with E-state index in [1.807, 2.05) is 80.6 Å². The summed E-state index contributed by atoms with van der Waals surface area (Å²) in [5, 5.41) is 1.92. The third-order valence-electron chi connectivity index (χ3n) is 5.72. The molecule has 0 bridgehead atoms. The van der Waals surface area contributed by atoms with E-state index in [4.69, 9.17) is 19.4 Å². The van der Waals surface area contributed by atoms with Crippen molar-refractivity contribution in [3.8, 4) is 11.5 Å². The van der Waals surface area contributed by atoms with Gasteiger partial charge in [-0.2, -0.15) is 5.06 Å². The number of furan rings is 1. The first-order valence-corrected chi connectivity index (χ1v) is 11.3. The molecule has 0 aliphatic rings. The molecule has 0 aliphatic carbocycles. The number of anilines is 1. The van der Waals surface area contributed by atoms with Crippen LogP contribution in [-0.2, 0) is 17.9 Å². The average Bonchev–Trinajstić information content (AvgIpc) is 3.42. The highest BCUT2D eigenvalue weighted by molar-refractivity contribution is 5.92. The summed E-state index contributed by atoms with van der Waals surface area (Å²) in [6.45, 7) is 4.16. The molecule has 0 radical (unpaired) electrons. The molecule has 35 heavy (non-hydrogen) atoms. The number of carbonyl (C=O) groups is 1. The second-order valence-electron chi connectivity index (χ2n) is 8.39. The molecule has 2 aromatic heterocycles. The number of hydrogen-bond donors (Lipinski definition) is 1. The second-order valence-corrected chi connectivity index (χ2v) is 8.39. The predicted octanol–water partition coefficient (Wildman–Crippen LogP) is 6.31. The highest BCUT2D eigenvalue weighted by atomic mass is 16.7. The van der Waals surface area contributed by atoms with Crippen LogP contribution in [0.3, 0.4) is 0 Å². The van der Waals surface area contributed by atoms with Crippen LogP contribution in [0.1, 0.15) is 28.3 Å². The number of carbonyl (C=O) groups excluding carboxylic acids is 1. The van der Waals surface area contributed by atoms with Gasteiger partial charge in [-0.3, -0.25) is 4.84 Å². The Kier molecular flexibility index (Phi) is 6.08. The Morgan fingerprint density at radius 3 is 2.49 bits per heavy atom. The van der Waals surface area contributed by atoms with E-state index in [0.29, 0.717) is 23.6 Å². The number of primary amides is 1.